The molecule has 0 atom stereocenters. The molecule has 0 bridgehead atoms. The molecule has 0 saturated heterocycles. The van der Waals surface area contributed by atoms with Crippen LogP contribution in [0.1, 0.15) is 6.92 Å². The lowest BCUT2D eigenvalue weighted by atomic mass is 10.8. The fourth-order valence-electron chi connectivity index (χ4n) is 0.217. The molecule has 0 aromatic heterocycles. The predicted molar refractivity (Wildman–Crippen MR) is 26.1 cm³/mol. The van der Waals surface area contributed by atoms with E-state index in [2.05, 4.69) is 10.1 Å². The number of nitrogens with one attached hydrogen (secondary N) is 1. The van der Waals surface area contributed by atoms with Gasteiger partial charge >= 0.3 is 6.09 Å². The minimum atomic E-state index is -0.373. The van der Waals surface area contributed by atoms with Gasteiger partial charge in [-0.3, -0.25) is 0 Å². The Bertz CT molecular complexity index is 62.7. The normalized spacial score (nSPS) is 7.71. The maximum Gasteiger partial charge on any atom is 0.406 e. The average Bonchev–Trinajstić information content (AvgIpc) is 1.68. The number of methoxy groups -OCH3 is 1. The molecule has 1 amide bonds. The molecular weight excluding hydrogens is 94.0 g/mol. The third-order valence-corrected chi connectivity index (χ3v) is 0.507. The zero-order chi connectivity index (χ0) is 5.70. The Morgan fingerprint density at radius 3 is 2.57 bits per heavy atom. The Balaban J connectivity index is 3.00. The minimum absolute atomic E-state index is 0.373. The van der Waals surface area contributed by atoms with Crippen LogP contribution in [0.5, 0.6) is 0 Å². The second-order valence-corrected chi connectivity index (χ2v) is 1.02. The van der Waals surface area contributed by atoms with E-state index < -0.39 is 0 Å². The van der Waals surface area contributed by atoms with E-state index in [-0.39, 0.29) is 6.09 Å². The lowest BCUT2D eigenvalue weighted by Gasteiger charge is -1.95. The van der Waals surface area contributed by atoms with Gasteiger partial charge in [0.25, 0.3) is 0 Å². The zero-order valence-corrected chi connectivity index (χ0v) is 4.52. The fraction of sp³-hybridized carbons (Fsp3) is 0.750. The molecule has 0 saturated carbocycles. The number of amides is 1. The van der Waals surface area contributed by atoms with Crippen molar-refractivity contribution in [2.24, 2.45) is 0 Å². The van der Waals surface area contributed by atoms with E-state index in [1.165, 1.54) is 7.11 Å². The Morgan fingerprint density at radius 2 is 2.43 bits per heavy atom. The van der Waals surface area contributed by atoms with Gasteiger partial charge in [-0.05, 0) is 6.92 Å². The molecular formula is C4H9NO2. The van der Waals surface area contributed by atoms with Crippen LogP contribution < -0.4 is 5.32 Å². The second-order valence-electron chi connectivity index (χ2n) is 1.02. The van der Waals surface area contributed by atoms with Crippen LogP contribution >= 0.6 is 0 Å². The molecule has 0 aromatic rings. The quantitative estimate of drug-likeness (QED) is 0.520. The maximum absolute atomic E-state index is 10.1. The SMILES string of the molecule is CCNC(=O)OC. The summed E-state index contributed by atoms with van der Waals surface area (Å²) in [7, 11) is 1.34. The van der Waals surface area contributed by atoms with Gasteiger partial charge in [-0.25, -0.2) is 4.79 Å². The lowest BCUT2D eigenvalue weighted by Crippen LogP contribution is -2.21. The highest BCUT2D eigenvalue weighted by molar-refractivity contribution is 5.66. The van der Waals surface area contributed by atoms with Gasteiger partial charge in [0.05, 0.1) is 7.11 Å². The summed E-state index contributed by atoms with van der Waals surface area (Å²) >= 11 is 0. The minimum Gasteiger partial charge on any atom is -0.453 e. The van der Waals surface area contributed by atoms with Gasteiger partial charge in [0.1, 0.15) is 0 Å². The van der Waals surface area contributed by atoms with E-state index in [1.807, 2.05) is 6.92 Å². The number of carbonyl (C=O) groups is 1. The van der Waals surface area contributed by atoms with Crippen molar-refractivity contribution in [3.8, 4) is 0 Å². The smallest absolute Gasteiger partial charge is 0.406 e. The summed E-state index contributed by atoms with van der Waals surface area (Å²) < 4.78 is 4.24. The van der Waals surface area contributed by atoms with Gasteiger partial charge in [0.15, 0.2) is 0 Å². The van der Waals surface area contributed by atoms with E-state index >= 15 is 0 Å². The standard InChI is InChI=1S/C4H9NO2/c1-3-5-4(6)7-2/h3H2,1-2H3,(H,5,6). The molecule has 0 fully saturated rings. The Morgan fingerprint density at radius 1 is 1.86 bits per heavy atom. The summed E-state index contributed by atoms with van der Waals surface area (Å²) in [6, 6.07) is 0. The molecule has 7 heavy (non-hydrogen) atoms. The zero-order valence-electron chi connectivity index (χ0n) is 4.52. The van der Waals surface area contributed by atoms with Gasteiger partial charge in [-0.1, -0.05) is 0 Å². The van der Waals surface area contributed by atoms with Crippen LogP contribution in [0.2, 0.25) is 0 Å². The highest BCUT2D eigenvalue weighted by atomic mass is 16.5. The van der Waals surface area contributed by atoms with E-state index in [0.717, 1.165) is 0 Å². The van der Waals surface area contributed by atoms with Crippen molar-refractivity contribution in [3.63, 3.8) is 0 Å². The molecule has 3 heteroatoms. The van der Waals surface area contributed by atoms with Crippen LogP contribution in [0.15, 0.2) is 0 Å². The molecule has 0 unspecified atom stereocenters. The molecule has 0 aromatic carbocycles. The van der Waals surface area contributed by atoms with Crippen molar-refractivity contribution in [2.75, 3.05) is 13.7 Å². The van der Waals surface area contributed by atoms with Gasteiger partial charge in [0.2, 0.25) is 0 Å². The summed E-state index contributed by atoms with van der Waals surface area (Å²) in [5.74, 6) is 0. The first-order valence-electron chi connectivity index (χ1n) is 2.13. The van der Waals surface area contributed by atoms with Crippen molar-refractivity contribution in [1.82, 2.24) is 5.32 Å². The fourth-order valence-corrected chi connectivity index (χ4v) is 0.217. The first kappa shape index (κ1) is 6.27. The average molecular weight is 103 g/mol. The second kappa shape index (κ2) is 3.46. The number of carbonyl (C=O) groups excluding carboxylic acids is 1. The van der Waals surface area contributed by atoms with E-state index in [1.54, 1.807) is 0 Å². The number of alkyl carbamates (subject to hydrolysis) is 1. The van der Waals surface area contributed by atoms with Crippen molar-refractivity contribution >= 4 is 6.09 Å². The van der Waals surface area contributed by atoms with Crippen molar-refractivity contribution in [2.45, 2.75) is 6.92 Å². The number of hydrogen-bond acceptors (Lipinski definition) is 2. The van der Waals surface area contributed by atoms with Crippen LogP contribution in [-0.2, 0) is 4.74 Å². The monoisotopic (exact) mass is 103 g/mol. The first-order valence-corrected chi connectivity index (χ1v) is 2.13. The molecule has 0 aliphatic rings. The maximum atomic E-state index is 10.1. The molecule has 0 rings (SSSR count). The summed E-state index contributed by atoms with van der Waals surface area (Å²) in [4.78, 5) is 10.1. The van der Waals surface area contributed by atoms with Gasteiger partial charge in [-0.2, -0.15) is 0 Å². The van der Waals surface area contributed by atoms with E-state index in [4.69, 9.17) is 0 Å². The van der Waals surface area contributed by atoms with Crippen molar-refractivity contribution in [1.29, 1.82) is 0 Å². The molecule has 0 spiro atoms. The van der Waals surface area contributed by atoms with Crippen LogP contribution in [0.4, 0.5) is 4.79 Å². The molecule has 0 aliphatic carbocycles. The third-order valence-electron chi connectivity index (χ3n) is 0.507. The summed E-state index contributed by atoms with van der Waals surface area (Å²) in [6.07, 6.45) is -0.373. The van der Waals surface area contributed by atoms with Gasteiger partial charge < -0.3 is 10.1 Å². The summed E-state index contributed by atoms with van der Waals surface area (Å²) in [6.45, 7) is 2.45. The molecule has 3 nitrogen and oxygen atoms in total. The van der Waals surface area contributed by atoms with Crippen LogP contribution in [0, 0.1) is 0 Å². The number of ether oxygens (including phenoxy) is 1. The van der Waals surface area contributed by atoms with Gasteiger partial charge in [-0.15, -0.1) is 0 Å². The van der Waals surface area contributed by atoms with E-state index in [0.29, 0.717) is 6.54 Å². The van der Waals surface area contributed by atoms with Crippen molar-refractivity contribution < 1.29 is 9.53 Å². The van der Waals surface area contributed by atoms with Crippen molar-refractivity contribution in [3.05, 3.63) is 0 Å². The highest BCUT2D eigenvalue weighted by Crippen LogP contribution is 1.66. The molecule has 0 aliphatic heterocycles. The molecule has 0 heterocycles. The largest absolute Gasteiger partial charge is 0.453 e. The lowest BCUT2D eigenvalue weighted by molar-refractivity contribution is 0.171. The Kier molecular flexibility index (Phi) is 3.10. The number of rotatable bonds is 1. The Hall–Kier alpha value is -0.730. The topological polar surface area (TPSA) is 38.3 Å². The first-order chi connectivity index (χ1) is 3.31. The van der Waals surface area contributed by atoms with Crippen LogP contribution in [0.25, 0.3) is 0 Å². The Labute approximate surface area is 42.7 Å². The third kappa shape index (κ3) is 3.09. The number of hydrogen-bond donors (Lipinski definition) is 1. The van der Waals surface area contributed by atoms with Crippen LogP contribution in [0.3, 0.4) is 0 Å². The molecule has 42 valence electrons. The van der Waals surface area contributed by atoms with E-state index in [9.17, 15) is 4.79 Å². The van der Waals surface area contributed by atoms with Gasteiger partial charge in [0, 0.05) is 6.54 Å². The highest BCUT2D eigenvalue weighted by Gasteiger charge is 1.89. The predicted octanol–water partition coefficient (Wildman–Crippen LogP) is 0.362. The van der Waals surface area contributed by atoms with Crippen LogP contribution in [-0.4, -0.2) is 19.7 Å². The molecule has 0 radical (unpaired) electrons. The molecule has 1 N–H and O–H groups in total. The summed E-state index contributed by atoms with van der Waals surface area (Å²) in [5.41, 5.74) is 0. The summed E-state index contributed by atoms with van der Waals surface area (Å²) in [5, 5.41) is 2.43.